The summed E-state index contributed by atoms with van der Waals surface area (Å²) in [4.78, 5) is 6.18. The van der Waals surface area contributed by atoms with Gasteiger partial charge in [-0.25, -0.2) is 9.37 Å². The molecule has 2 aliphatic heterocycles. The number of rotatable bonds is 7. The molecule has 2 aliphatic rings. The van der Waals surface area contributed by atoms with Gasteiger partial charge in [0, 0.05) is 24.7 Å². The van der Waals surface area contributed by atoms with E-state index in [0.29, 0.717) is 24.7 Å². The Hall–Kier alpha value is -2.18. The predicted molar refractivity (Wildman–Crippen MR) is 112 cm³/mol. The SMILES string of the molecule is COC[C@H]1O[C@@H](n2cc3c(nc2=S)Nc2c(OCCN)cccc2S3)C(F)=C1OC. The van der Waals surface area contributed by atoms with Gasteiger partial charge in [-0.15, -0.1) is 0 Å². The molecule has 2 atom stereocenters. The Morgan fingerprint density at radius 3 is 2.93 bits per heavy atom. The van der Waals surface area contributed by atoms with E-state index in [1.807, 2.05) is 18.2 Å². The van der Waals surface area contributed by atoms with Crippen molar-refractivity contribution in [3.8, 4) is 5.75 Å². The van der Waals surface area contributed by atoms with Crippen molar-refractivity contribution in [2.45, 2.75) is 22.1 Å². The van der Waals surface area contributed by atoms with Crippen LogP contribution in [-0.2, 0) is 14.2 Å². The molecule has 0 fully saturated rings. The number of nitrogens with zero attached hydrogens (tertiary/aromatic N) is 2. The summed E-state index contributed by atoms with van der Waals surface area (Å²) in [6.07, 6.45) is 0.00842. The van der Waals surface area contributed by atoms with Crippen LogP contribution in [0.15, 0.2) is 45.8 Å². The Morgan fingerprint density at radius 1 is 1.37 bits per heavy atom. The van der Waals surface area contributed by atoms with Crippen molar-refractivity contribution in [1.29, 1.82) is 0 Å². The first-order valence-corrected chi connectivity index (χ1v) is 10.4. The van der Waals surface area contributed by atoms with E-state index < -0.39 is 18.2 Å². The van der Waals surface area contributed by atoms with Crippen molar-refractivity contribution in [2.24, 2.45) is 5.73 Å². The van der Waals surface area contributed by atoms with Crippen LogP contribution >= 0.6 is 24.0 Å². The minimum Gasteiger partial charge on any atom is -0.495 e. The summed E-state index contributed by atoms with van der Waals surface area (Å²) in [5.74, 6) is 0.796. The van der Waals surface area contributed by atoms with Crippen LogP contribution in [0.1, 0.15) is 6.23 Å². The zero-order chi connectivity index (χ0) is 21.3. The maximum Gasteiger partial charge on any atom is 0.203 e. The molecule has 0 radical (unpaired) electrons. The van der Waals surface area contributed by atoms with E-state index in [-0.39, 0.29) is 17.1 Å². The molecule has 30 heavy (non-hydrogen) atoms. The average Bonchev–Trinajstić information content (AvgIpc) is 3.05. The number of aromatic nitrogens is 2. The van der Waals surface area contributed by atoms with E-state index in [9.17, 15) is 4.39 Å². The van der Waals surface area contributed by atoms with E-state index in [1.165, 1.54) is 30.5 Å². The number of para-hydroxylation sites is 1. The molecule has 11 heteroatoms. The van der Waals surface area contributed by atoms with Gasteiger partial charge in [-0.3, -0.25) is 4.57 Å². The molecule has 0 unspecified atom stereocenters. The Labute approximate surface area is 182 Å². The van der Waals surface area contributed by atoms with Gasteiger partial charge < -0.3 is 30.0 Å². The van der Waals surface area contributed by atoms with Gasteiger partial charge in [-0.2, -0.15) is 0 Å². The minimum absolute atomic E-state index is 0.0966. The lowest BCUT2D eigenvalue weighted by atomic mass is 10.3. The van der Waals surface area contributed by atoms with Crippen molar-refractivity contribution < 1.29 is 23.3 Å². The number of fused-ring (bicyclic) bond motifs is 2. The second kappa shape index (κ2) is 8.90. The van der Waals surface area contributed by atoms with E-state index >= 15 is 0 Å². The normalized spacial score (nSPS) is 19.9. The lowest BCUT2D eigenvalue weighted by molar-refractivity contribution is -0.0430. The van der Waals surface area contributed by atoms with Gasteiger partial charge in [0.25, 0.3) is 0 Å². The summed E-state index contributed by atoms with van der Waals surface area (Å²) < 4.78 is 38.4. The third-order valence-electron chi connectivity index (χ3n) is 4.57. The fraction of sp³-hybridized carbons (Fsp3) is 0.368. The van der Waals surface area contributed by atoms with Gasteiger partial charge >= 0.3 is 0 Å². The number of nitrogens with one attached hydrogen (secondary N) is 1. The number of methoxy groups -OCH3 is 2. The highest BCUT2D eigenvalue weighted by Gasteiger charge is 2.38. The van der Waals surface area contributed by atoms with Crippen molar-refractivity contribution in [3.05, 3.63) is 40.8 Å². The standard InChI is InChI=1S/C19H21FN4O4S2/c1-25-9-11-16(26-2)14(20)18(28-11)24-8-13-17(23-19(24)29)22-15-10(27-7-6-21)4-3-5-12(15)30-13/h3-5,8,11,18H,6-7,9,21H2,1-2H3,(H,22,23,29)/t11-,18-/m1/s1. The Balaban J connectivity index is 1.67. The Kier molecular flexibility index (Phi) is 6.25. The molecule has 1 aromatic heterocycles. The van der Waals surface area contributed by atoms with Crippen LogP contribution in [-0.4, -0.2) is 49.6 Å². The minimum atomic E-state index is -1.06. The van der Waals surface area contributed by atoms with Crippen LogP contribution in [0.2, 0.25) is 0 Å². The van der Waals surface area contributed by atoms with Gasteiger partial charge in [0.05, 0.1) is 24.3 Å². The summed E-state index contributed by atoms with van der Waals surface area (Å²) in [7, 11) is 2.91. The molecule has 2 aromatic rings. The van der Waals surface area contributed by atoms with Crippen molar-refractivity contribution in [2.75, 3.05) is 39.3 Å². The molecule has 160 valence electrons. The first kappa shape index (κ1) is 21.1. The van der Waals surface area contributed by atoms with Crippen LogP contribution in [0, 0.1) is 4.77 Å². The molecule has 4 rings (SSSR count). The molecule has 0 aliphatic carbocycles. The number of anilines is 2. The summed E-state index contributed by atoms with van der Waals surface area (Å²) >= 11 is 6.90. The van der Waals surface area contributed by atoms with Crippen LogP contribution in [0.4, 0.5) is 15.9 Å². The fourth-order valence-corrected chi connectivity index (χ4v) is 4.50. The lowest BCUT2D eigenvalue weighted by Crippen LogP contribution is -2.21. The summed E-state index contributed by atoms with van der Waals surface area (Å²) in [6.45, 7) is 0.975. The highest BCUT2D eigenvalue weighted by molar-refractivity contribution is 7.99. The second-order valence-corrected chi connectivity index (χ2v) is 7.93. The number of halogens is 1. The van der Waals surface area contributed by atoms with Gasteiger partial charge in [0.1, 0.15) is 24.3 Å². The third kappa shape index (κ3) is 3.79. The lowest BCUT2D eigenvalue weighted by Gasteiger charge is -2.24. The van der Waals surface area contributed by atoms with E-state index in [4.69, 9.17) is 36.9 Å². The van der Waals surface area contributed by atoms with E-state index in [2.05, 4.69) is 10.3 Å². The molecule has 0 spiro atoms. The summed E-state index contributed by atoms with van der Waals surface area (Å²) in [6, 6.07) is 5.72. The molecule has 0 saturated carbocycles. The monoisotopic (exact) mass is 452 g/mol. The molecular weight excluding hydrogens is 431 g/mol. The van der Waals surface area contributed by atoms with Crippen LogP contribution in [0.25, 0.3) is 0 Å². The van der Waals surface area contributed by atoms with Gasteiger partial charge in [0.2, 0.25) is 4.77 Å². The Morgan fingerprint density at radius 2 is 2.20 bits per heavy atom. The van der Waals surface area contributed by atoms with Crippen molar-refractivity contribution >= 4 is 35.5 Å². The number of hydrogen-bond acceptors (Lipinski definition) is 9. The maximum atomic E-state index is 15.0. The van der Waals surface area contributed by atoms with Crippen LogP contribution in [0.5, 0.6) is 5.75 Å². The zero-order valence-corrected chi connectivity index (χ0v) is 18.0. The quantitative estimate of drug-likeness (QED) is 0.522. The van der Waals surface area contributed by atoms with Crippen LogP contribution in [0.3, 0.4) is 0 Å². The second-order valence-electron chi connectivity index (χ2n) is 6.49. The third-order valence-corrected chi connectivity index (χ3v) is 5.95. The predicted octanol–water partition coefficient (Wildman–Crippen LogP) is 3.53. The smallest absolute Gasteiger partial charge is 0.203 e. The maximum absolute atomic E-state index is 15.0. The molecule has 0 amide bonds. The van der Waals surface area contributed by atoms with Crippen molar-refractivity contribution in [1.82, 2.24) is 9.55 Å². The largest absolute Gasteiger partial charge is 0.495 e. The molecule has 3 heterocycles. The van der Waals surface area contributed by atoms with Gasteiger partial charge in [0.15, 0.2) is 17.8 Å². The van der Waals surface area contributed by atoms with E-state index in [0.717, 1.165) is 15.5 Å². The van der Waals surface area contributed by atoms with Gasteiger partial charge in [-0.1, -0.05) is 17.8 Å². The molecule has 1 aromatic carbocycles. The van der Waals surface area contributed by atoms with Crippen molar-refractivity contribution in [3.63, 3.8) is 0 Å². The molecule has 0 saturated heterocycles. The molecule has 3 N–H and O–H groups in total. The zero-order valence-electron chi connectivity index (χ0n) is 16.4. The Bertz CT molecular complexity index is 1050. The highest BCUT2D eigenvalue weighted by atomic mass is 32.2. The number of hydrogen-bond donors (Lipinski definition) is 2. The number of benzene rings is 1. The average molecular weight is 453 g/mol. The summed E-state index contributed by atoms with van der Waals surface area (Å²) in [5, 5.41) is 3.27. The molecule has 8 nitrogen and oxygen atoms in total. The number of ether oxygens (including phenoxy) is 4. The fourth-order valence-electron chi connectivity index (χ4n) is 3.26. The highest BCUT2D eigenvalue weighted by Crippen LogP contribution is 2.47. The first-order chi connectivity index (χ1) is 14.6. The first-order valence-electron chi connectivity index (χ1n) is 9.19. The summed E-state index contributed by atoms with van der Waals surface area (Å²) in [5.41, 5.74) is 6.34. The number of nitrogens with two attached hydrogens (primary N) is 1. The topological polar surface area (TPSA) is 92.8 Å². The molecule has 0 bridgehead atoms. The molecular formula is C19H21FN4O4S2. The van der Waals surface area contributed by atoms with Gasteiger partial charge in [-0.05, 0) is 24.4 Å². The van der Waals surface area contributed by atoms with Crippen LogP contribution < -0.4 is 15.8 Å². The van der Waals surface area contributed by atoms with E-state index in [1.54, 1.807) is 6.20 Å².